The Labute approximate surface area is 185 Å². The number of benzene rings is 1. The monoisotopic (exact) mass is 479 g/mol. The number of rotatable bonds is 0. The van der Waals surface area contributed by atoms with E-state index >= 15 is 0 Å². The van der Waals surface area contributed by atoms with Crippen molar-refractivity contribution in [1.29, 1.82) is 0 Å². The van der Waals surface area contributed by atoms with Gasteiger partial charge in [-0.1, -0.05) is 18.7 Å². The molecule has 0 amide bonds. The van der Waals surface area contributed by atoms with Gasteiger partial charge >= 0.3 is 82.3 Å². The first-order valence-electron chi connectivity index (χ1n) is 8.62. The third kappa shape index (κ3) is 3.09. The van der Waals surface area contributed by atoms with Crippen LogP contribution in [0.5, 0.6) is 0 Å². The van der Waals surface area contributed by atoms with Crippen LogP contribution in [0.4, 0.5) is 0 Å². The smallest absolute Gasteiger partial charge is 1.00 e. The van der Waals surface area contributed by atoms with E-state index in [9.17, 15) is 0 Å². The molecule has 0 spiro atoms. The molecule has 2 bridgehead atoms. The van der Waals surface area contributed by atoms with Crippen LogP contribution in [0.3, 0.4) is 0 Å². The zero-order valence-corrected chi connectivity index (χ0v) is 20.8. The molecule has 4 aliphatic rings. The summed E-state index contributed by atoms with van der Waals surface area (Å²) < 4.78 is 6.50. The van der Waals surface area contributed by atoms with Crippen molar-refractivity contribution in [1.82, 2.24) is 0 Å². The molecule has 6 rings (SSSR count). The van der Waals surface area contributed by atoms with E-state index in [1.807, 2.05) is 6.92 Å². The molecule has 26 heavy (non-hydrogen) atoms. The number of hydrogen-bond donors (Lipinski definition) is 0. The van der Waals surface area contributed by atoms with Gasteiger partial charge in [-0.2, -0.15) is 0 Å². The van der Waals surface area contributed by atoms with Crippen molar-refractivity contribution in [3.63, 3.8) is 0 Å². The van der Waals surface area contributed by atoms with Gasteiger partial charge in [-0.3, -0.25) is 0 Å². The molecule has 2 atom stereocenters. The Balaban J connectivity index is 0.000000176. The Hall–Kier alpha value is -0.340. The average molecular weight is 482 g/mol. The summed E-state index contributed by atoms with van der Waals surface area (Å²) in [5.74, 6) is 2.35. The van der Waals surface area contributed by atoms with E-state index in [-0.39, 0.29) is 24.8 Å². The summed E-state index contributed by atoms with van der Waals surface area (Å²) in [5, 5.41) is 1.67. The molecule has 1 nitrogen and oxygen atoms in total. The van der Waals surface area contributed by atoms with Gasteiger partial charge in [-0.15, -0.1) is 0 Å². The molecule has 2 aliphatic heterocycles. The van der Waals surface area contributed by atoms with E-state index < -0.39 is 8.07 Å². The fourth-order valence-electron chi connectivity index (χ4n) is 4.77. The fourth-order valence-corrected chi connectivity index (χ4v) is 9.82. The molecule has 0 fully saturated rings. The topological polar surface area (TPSA) is 13.1 Å². The molecule has 5 heteroatoms. The number of hydrogen-bond acceptors (Lipinski definition) is 1. The van der Waals surface area contributed by atoms with Crippen LogP contribution in [0.1, 0.15) is 51.2 Å². The van der Waals surface area contributed by atoms with Crippen molar-refractivity contribution in [3.8, 4) is 0 Å². The van der Waals surface area contributed by atoms with Gasteiger partial charge in [-0.25, -0.2) is 0 Å². The van der Waals surface area contributed by atoms with E-state index in [0.29, 0.717) is 5.54 Å². The van der Waals surface area contributed by atoms with E-state index in [0.717, 1.165) is 9.39 Å². The number of furan rings is 1. The van der Waals surface area contributed by atoms with E-state index in [1.54, 1.807) is 35.5 Å². The van der Waals surface area contributed by atoms with Gasteiger partial charge in [0.25, 0.3) is 0 Å². The summed E-state index contributed by atoms with van der Waals surface area (Å²) in [5.41, 5.74) is 8.19. The Morgan fingerprint density at radius 3 is 2.27 bits per heavy atom. The molecule has 135 valence electrons. The Morgan fingerprint density at radius 1 is 1.04 bits per heavy atom. The standard InChI is InChI=1S/C11H14OSi.C10H9.2ClH.Zr/c1-6-5-8-9(12-6)11-7(2)10(8)13(11,3)4;1-8-6-9-4-2-3-5-10(9)7-8;;;/h5,11H,1-4H3;2-7H,1H3;2*1H;/q;;;;+2/p-2. The maximum Gasteiger partial charge on any atom is -1.00 e. The van der Waals surface area contributed by atoms with Gasteiger partial charge in [0.05, 0.1) is 8.07 Å². The Morgan fingerprint density at radius 2 is 1.69 bits per heavy atom. The van der Waals surface area contributed by atoms with Gasteiger partial charge in [-0.05, 0) is 25.1 Å². The third-order valence-electron chi connectivity index (χ3n) is 5.75. The van der Waals surface area contributed by atoms with Crippen LogP contribution < -0.4 is 24.8 Å². The minimum absolute atomic E-state index is 0. The van der Waals surface area contributed by atoms with E-state index in [4.69, 9.17) is 4.42 Å². The molecule has 2 aliphatic carbocycles. The van der Waals surface area contributed by atoms with Crippen LogP contribution >= 0.6 is 0 Å². The van der Waals surface area contributed by atoms with Gasteiger partial charge in [0.1, 0.15) is 11.5 Å². The number of halogens is 2. The first kappa shape index (κ1) is 22.0. The van der Waals surface area contributed by atoms with E-state index in [1.165, 1.54) is 28.0 Å². The quantitative estimate of drug-likeness (QED) is 0.482. The fraction of sp³-hybridized carbons (Fsp3) is 0.333. The summed E-state index contributed by atoms with van der Waals surface area (Å²) in [4.78, 5) is 0. The Bertz CT molecular complexity index is 910. The van der Waals surface area contributed by atoms with Crippen LogP contribution in [-0.2, 0) is 24.7 Å². The molecule has 0 radical (unpaired) electrons. The maximum atomic E-state index is 5.78. The summed E-state index contributed by atoms with van der Waals surface area (Å²) in [7, 11) is -1.10. The summed E-state index contributed by atoms with van der Waals surface area (Å²) >= 11 is 1.60. The minimum Gasteiger partial charge on any atom is -1.00 e. The second-order valence-electron chi connectivity index (χ2n) is 7.80. The largest absolute Gasteiger partial charge is 1.00 e. The van der Waals surface area contributed by atoms with Crippen molar-refractivity contribution in [2.45, 2.75) is 43.0 Å². The number of allylic oxidation sites excluding steroid dienone is 2. The zero-order chi connectivity index (χ0) is 17.2. The van der Waals surface area contributed by atoms with Crippen molar-refractivity contribution in [2.75, 3.05) is 0 Å². The number of aryl methyl sites for hydroxylation is 1. The molecule has 2 aromatic rings. The molecule has 3 heterocycles. The summed E-state index contributed by atoms with van der Waals surface area (Å²) in [6.07, 6.45) is 2.30. The predicted octanol–water partition coefficient (Wildman–Crippen LogP) is -0.0415. The van der Waals surface area contributed by atoms with E-state index in [2.05, 4.69) is 63.3 Å². The maximum absolute atomic E-state index is 5.78. The molecule has 0 N–H and O–H groups in total. The second kappa shape index (κ2) is 7.59. The molecule has 2 unspecified atom stereocenters. The van der Waals surface area contributed by atoms with Crippen LogP contribution in [0, 0.1) is 6.92 Å². The zero-order valence-electron chi connectivity index (χ0n) is 15.8. The van der Waals surface area contributed by atoms with Gasteiger partial charge in [0.2, 0.25) is 0 Å². The van der Waals surface area contributed by atoms with Crippen LogP contribution in [-0.4, -0.2) is 8.07 Å². The first-order valence-corrected chi connectivity index (χ1v) is 13.1. The van der Waals surface area contributed by atoms with Crippen LogP contribution in [0.2, 0.25) is 13.1 Å². The molecular formula is C21H23Cl2OSiZr. The van der Waals surface area contributed by atoms with Crippen molar-refractivity contribution in [2.24, 2.45) is 0 Å². The van der Waals surface area contributed by atoms with Gasteiger partial charge < -0.3 is 29.2 Å². The van der Waals surface area contributed by atoms with Gasteiger partial charge in [0, 0.05) is 11.1 Å². The Kier molecular flexibility index (Phi) is 6.41. The SMILES string of the molecule is CC1=C2c3cc(C)oc3C1[Si]2(C)C.CC1=Cc2ccccc2[CH]1[Zr+2].[Cl-].[Cl-]. The molecule has 1 aromatic heterocycles. The molecule has 1 aromatic carbocycles. The minimum atomic E-state index is -1.10. The summed E-state index contributed by atoms with van der Waals surface area (Å²) in [6, 6.07) is 10.9. The summed E-state index contributed by atoms with van der Waals surface area (Å²) in [6.45, 7) is 11.4. The van der Waals surface area contributed by atoms with Crippen molar-refractivity contribution < 1.29 is 54.0 Å². The van der Waals surface area contributed by atoms with Crippen molar-refractivity contribution >= 4 is 19.3 Å². The molecule has 0 saturated carbocycles. The third-order valence-corrected chi connectivity index (χ3v) is 11.7. The molecule has 0 saturated heterocycles. The predicted molar refractivity (Wildman–Crippen MR) is 99.1 cm³/mol. The van der Waals surface area contributed by atoms with Crippen LogP contribution in [0.15, 0.2) is 45.9 Å². The average Bonchev–Trinajstić information content (AvgIpc) is 3.15. The normalized spacial score (nSPS) is 22.8. The second-order valence-corrected chi connectivity index (χ2v) is 13.7. The van der Waals surface area contributed by atoms with Crippen LogP contribution in [0.25, 0.3) is 11.3 Å². The number of fused-ring (bicyclic) bond motifs is 1. The van der Waals surface area contributed by atoms with Crippen molar-refractivity contribution in [3.05, 3.63) is 69.7 Å². The first-order chi connectivity index (χ1) is 11.3. The molecular weight excluding hydrogens is 458 g/mol. The van der Waals surface area contributed by atoms with Gasteiger partial charge in [0.15, 0.2) is 0 Å².